The molecule has 0 radical (unpaired) electrons. The lowest BCUT2D eigenvalue weighted by molar-refractivity contribution is 0.0702. The normalized spacial score (nSPS) is 9.94. The molecule has 2 aromatic rings. The average molecular weight is 232 g/mol. The van der Waals surface area contributed by atoms with Crippen LogP contribution in [-0.4, -0.2) is 15.6 Å². The van der Waals surface area contributed by atoms with Crippen LogP contribution in [0.5, 0.6) is 0 Å². The number of aromatic carboxylic acids is 1. The zero-order valence-corrected chi connectivity index (χ0v) is 9.07. The highest BCUT2D eigenvalue weighted by molar-refractivity contribution is 7.13. The van der Waals surface area contributed by atoms with E-state index in [2.05, 4.69) is 6.07 Å². The molecule has 80 valence electrons. The maximum Gasteiger partial charge on any atom is 0.345 e. The van der Waals surface area contributed by atoms with Gasteiger partial charge in [-0.1, -0.05) is 0 Å². The van der Waals surface area contributed by atoms with E-state index >= 15 is 0 Å². The summed E-state index contributed by atoms with van der Waals surface area (Å²) in [4.78, 5) is 11.9. The van der Waals surface area contributed by atoms with Crippen LogP contribution in [0.25, 0.3) is 0 Å². The summed E-state index contributed by atoms with van der Waals surface area (Å²) in [5, 5.41) is 17.6. The Morgan fingerprint density at radius 1 is 1.50 bits per heavy atom. The van der Waals surface area contributed by atoms with Crippen LogP contribution >= 0.6 is 11.3 Å². The van der Waals surface area contributed by atoms with Gasteiger partial charge in [0, 0.05) is 11.1 Å². The lowest BCUT2D eigenvalue weighted by Crippen LogP contribution is -1.98. The second-order valence-electron chi connectivity index (χ2n) is 3.20. The van der Waals surface area contributed by atoms with Crippen molar-refractivity contribution in [1.82, 2.24) is 4.57 Å². The first-order valence-corrected chi connectivity index (χ1v) is 5.39. The molecular formula is C11H8N2O2S. The van der Waals surface area contributed by atoms with Gasteiger partial charge in [0.25, 0.3) is 0 Å². The van der Waals surface area contributed by atoms with Crippen LogP contribution in [0.15, 0.2) is 30.5 Å². The maximum absolute atomic E-state index is 10.7. The van der Waals surface area contributed by atoms with E-state index in [1.165, 1.54) is 11.3 Å². The molecule has 0 unspecified atom stereocenters. The van der Waals surface area contributed by atoms with E-state index in [9.17, 15) is 4.79 Å². The second kappa shape index (κ2) is 4.21. The van der Waals surface area contributed by atoms with Crippen LogP contribution in [0.1, 0.15) is 20.2 Å². The van der Waals surface area contributed by atoms with Crippen LogP contribution in [0, 0.1) is 11.3 Å². The van der Waals surface area contributed by atoms with Crippen LogP contribution in [0.2, 0.25) is 0 Å². The van der Waals surface area contributed by atoms with E-state index in [1.807, 2.05) is 0 Å². The lowest BCUT2D eigenvalue weighted by atomic mass is 10.4. The van der Waals surface area contributed by atoms with Crippen molar-refractivity contribution >= 4 is 17.3 Å². The Labute approximate surface area is 96.0 Å². The van der Waals surface area contributed by atoms with Crippen molar-refractivity contribution in [3.05, 3.63) is 45.9 Å². The monoisotopic (exact) mass is 232 g/mol. The minimum Gasteiger partial charge on any atom is -0.477 e. The predicted molar refractivity (Wildman–Crippen MR) is 59.5 cm³/mol. The fourth-order valence-electron chi connectivity index (χ4n) is 1.40. The number of nitriles is 1. The van der Waals surface area contributed by atoms with Crippen molar-refractivity contribution in [1.29, 1.82) is 5.26 Å². The zero-order valence-electron chi connectivity index (χ0n) is 8.25. The summed E-state index contributed by atoms with van der Waals surface area (Å²) in [6, 6.07) is 8.95. The van der Waals surface area contributed by atoms with E-state index in [0.29, 0.717) is 17.1 Å². The Balaban J connectivity index is 2.21. The molecule has 0 fully saturated rings. The molecule has 0 saturated heterocycles. The fourth-order valence-corrected chi connectivity index (χ4v) is 2.24. The molecule has 0 amide bonds. The molecule has 0 aliphatic carbocycles. The molecule has 0 atom stereocenters. The lowest BCUT2D eigenvalue weighted by Gasteiger charge is -2.01. The Hall–Kier alpha value is -2.06. The molecule has 2 rings (SSSR count). The van der Waals surface area contributed by atoms with Gasteiger partial charge in [0.2, 0.25) is 0 Å². The maximum atomic E-state index is 10.7. The summed E-state index contributed by atoms with van der Waals surface area (Å²) in [5.41, 5.74) is 0.574. The SMILES string of the molecule is N#Cc1cccn1Cc1ccc(C(=O)O)s1. The number of rotatable bonds is 3. The minimum absolute atomic E-state index is 0.320. The topological polar surface area (TPSA) is 66.0 Å². The van der Waals surface area contributed by atoms with E-state index in [-0.39, 0.29) is 0 Å². The molecule has 0 bridgehead atoms. The van der Waals surface area contributed by atoms with Gasteiger partial charge >= 0.3 is 5.97 Å². The summed E-state index contributed by atoms with van der Waals surface area (Å²) in [6.07, 6.45) is 1.80. The smallest absolute Gasteiger partial charge is 0.345 e. The molecular weight excluding hydrogens is 224 g/mol. The molecule has 0 aliphatic rings. The standard InChI is InChI=1S/C11H8N2O2S/c12-6-8-2-1-5-13(8)7-9-3-4-10(16-9)11(14)15/h1-5H,7H2,(H,14,15). The quantitative estimate of drug-likeness (QED) is 0.881. The molecule has 2 aromatic heterocycles. The molecule has 5 heteroatoms. The third-order valence-corrected chi connectivity index (χ3v) is 3.20. The summed E-state index contributed by atoms with van der Waals surface area (Å²) < 4.78 is 1.79. The Morgan fingerprint density at radius 3 is 2.94 bits per heavy atom. The molecule has 0 saturated carbocycles. The van der Waals surface area contributed by atoms with Crippen molar-refractivity contribution in [3.63, 3.8) is 0 Å². The number of carboxylic acid groups (broad SMARTS) is 1. The molecule has 0 aromatic carbocycles. The molecule has 1 N–H and O–H groups in total. The highest BCUT2D eigenvalue weighted by Gasteiger charge is 2.08. The molecule has 0 spiro atoms. The summed E-state index contributed by atoms with van der Waals surface area (Å²) in [6.45, 7) is 0.536. The first-order chi connectivity index (χ1) is 7.70. The van der Waals surface area contributed by atoms with Crippen LogP contribution in [0.4, 0.5) is 0 Å². The van der Waals surface area contributed by atoms with Crippen molar-refractivity contribution < 1.29 is 9.90 Å². The fraction of sp³-hybridized carbons (Fsp3) is 0.0909. The minimum atomic E-state index is -0.913. The van der Waals surface area contributed by atoms with E-state index in [0.717, 1.165) is 4.88 Å². The summed E-state index contributed by atoms with van der Waals surface area (Å²) in [5.74, 6) is -0.913. The Morgan fingerprint density at radius 2 is 2.31 bits per heavy atom. The van der Waals surface area contributed by atoms with Gasteiger partial charge in [0.05, 0.1) is 6.54 Å². The van der Waals surface area contributed by atoms with Gasteiger partial charge in [0.1, 0.15) is 16.6 Å². The van der Waals surface area contributed by atoms with Crippen LogP contribution < -0.4 is 0 Å². The number of hydrogen-bond acceptors (Lipinski definition) is 3. The first-order valence-electron chi connectivity index (χ1n) is 4.58. The average Bonchev–Trinajstić information content (AvgIpc) is 2.87. The molecule has 2 heterocycles. The Bertz CT molecular complexity index is 563. The van der Waals surface area contributed by atoms with Crippen molar-refractivity contribution in [2.24, 2.45) is 0 Å². The van der Waals surface area contributed by atoms with Crippen molar-refractivity contribution in [2.75, 3.05) is 0 Å². The largest absolute Gasteiger partial charge is 0.477 e. The first kappa shape index (κ1) is 10.5. The van der Waals surface area contributed by atoms with E-state index in [4.69, 9.17) is 10.4 Å². The zero-order chi connectivity index (χ0) is 11.5. The predicted octanol–water partition coefficient (Wildman–Crippen LogP) is 2.17. The molecule has 0 aliphatic heterocycles. The summed E-state index contributed by atoms with van der Waals surface area (Å²) in [7, 11) is 0. The van der Waals surface area contributed by atoms with Gasteiger partial charge in [-0.2, -0.15) is 5.26 Å². The van der Waals surface area contributed by atoms with Gasteiger partial charge in [-0.3, -0.25) is 0 Å². The number of carbonyl (C=O) groups is 1. The second-order valence-corrected chi connectivity index (χ2v) is 4.37. The van der Waals surface area contributed by atoms with Gasteiger partial charge in [-0.25, -0.2) is 4.79 Å². The summed E-state index contributed by atoms with van der Waals surface area (Å²) >= 11 is 1.23. The van der Waals surface area contributed by atoms with E-state index in [1.54, 1.807) is 35.0 Å². The van der Waals surface area contributed by atoms with Gasteiger partial charge in [-0.15, -0.1) is 11.3 Å². The number of carboxylic acids is 1. The van der Waals surface area contributed by atoms with Gasteiger partial charge in [0.15, 0.2) is 0 Å². The Kier molecular flexibility index (Phi) is 2.75. The van der Waals surface area contributed by atoms with Gasteiger partial charge < -0.3 is 9.67 Å². The van der Waals surface area contributed by atoms with Crippen molar-refractivity contribution in [3.8, 4) is 6.07 Å². The van der Waals surface area contributed by atoms with Crippen molar-refractivity contribution in [2.45, 2.75) is 6.54 Å². The third kappa shape index (κ3) is 1.97. The number of aromatic nitrogens is 1. The number of nitrogens with zero attached hydrogens (tertiary/aromatic N) is 2. The van der Waals surface area contributed by atoms with Gasteiger partial charge in [-0.05, 0) is 24.3 Å². The number of thiophene rings is 1. The highest BCUT2D eigenvalue weighted by Crippen LogP contribution is 2.18. The van der Waals surface area contributed by atoms with E-state index < -0.39 is 5.97 Å². The van der Waals surface area contributed by atoms with Crippen LogP contribution in [-0.2, 0) is 6.54 Å². The third-order valence-electron chi connectivity index (χ3n) is 2.14. The highest BCUT2D eigenvalue weighted by atomic mass is 32.1. The molecule has 4 nitrogen and oxygen atoms in total. The van der Waals surface area contributed by atoms with Crippen LogP contribution in [0.3, 0.4) is 0 Å². The molecule has 16 heavy (non-hydrogen) atoms. The number of hydrogen-bond donors (Lipinski definition) is 1.